The molecule has 0 spiro atoms. The number of hydrogen-bond acceptors (Lipinski definition) is 4. The van der Waals surface area contributed by atoms with Gasteiger partial charge < -0.3 is 9.64 Å². The Labute approximate surface area is 164 Å². The second kappa shape index (κ2) is 7.28. The topological polar surface area (TPSA) is 63.7 Å². The number of methoxy groups -OCH3 is 1. The van der Waals surface area contributed by atoms with Gasteiger partial charge in [-0.3, -0.25) is 4.79 Å². The number of hydrogen-bond donors (Lipinski definition) is 0. The molecule has 0 unspecified atom stereocenters. The zero-order valence-electron chi connectivity index (χ0n) is 15.5. The summed E-state index contributed by atoms with van der Waals surface area (Å²) in [6.07, 6.45) is 0.274. The first-order valence-corrected chi connectivity index (χ1v) is 10.7. The van der Waals surface area contributed by atoms with Gasteiger partial charge in [-0.15, -0.1) is 0 Å². The van der Waals surface area contributed by atoms with Crippen LogP contribution in [-0.4, -0.2) is 44.7 Å². The fourth-order valence-corrected chi connectivity index (χ4v) is 5.17. The highest BCUT2D eigenvalue weighted by atomic mass is 32.2. The van der Waals surface area contributed by atoms with E-state index in [2.05, 4.69) is 0 Å². The lowest BCUT2D eigenvalue weighted by Crippen LogP contribution is -2.57. The zero-order valence-corrected chi connectivity index (χ0v) is 16.4. The fraction of sp³-hybridized carbons (Fsp3) is 0.227. The zero-order chi connectivity index (χ0) is 19.7. The van der Waals surface area contributed by atoms with E-state index in [0.29, 0.717) is 5.75 Å². The number of fused-ring (bicyclic) bond motifs is 1. The third kappa shape index (κ3) is 3.36. The van der Waals surface area contributed by atoms with Crippen molar-refractivity contribution in [3.63, 3.8) is 0 Å². The normalized spacial score (nSPS) is 14.7. The van der Waals surface area contributed by atoms with Crippen LogP contribution in [0.2, 0.25) is 0 Å². The van der Waals surface area contributed by atoms with E-state index in [1.54, 1.807) is 29.2 Å². The molecule has 1 fully saturated rings. The number of likely N-dealkylation sites (tertiary alicyclic amines) is 1. The molecule has 1 aliphatic rings. The SMILES string of the molecule is COc1ccc(S(=O)(=O)C2CN(C(=O)Cc3cccc4ccccc34)C2)cc1. The highest BCUT2D eigenvalue weighted by Gasteiger charge is 2.40. The van der Waals surface area contributed by atoms with E-state index >= 15 is 0 Å². The third-order valence-corrected chi connectivity index (χ3v) is 7.35. The van der Waals surface area contributed by atoms with Gasteiger partial charge in [-0.2, -0.15) is 0 Å². The van der Waals surface area contributed by atoms with Crippen LogP contribution in [0.3, 0.4) is 0 Å². The second-order valence-corrected chi connectivity index (χ2v) is 9.18. The first-order chi connectivity index (χ1) is 13.5. The predicted octanol–water partition coefficient (Wildman–Crippen LogP) is 3.08. The van der Waals surface area contributed by atoms with Crippen molar-refractivity contribution in [2.75, 3.05) is 20.2 Å². The largest absolute Gasteiger partial charge is 0.497 e. The van der Waals surface area contributed by atoms with Gasteiger partial charge in [-0.05, 0) is 40.6 Å². The number of rotatable bonds is 5. The first kappa shape index (κ1) is 18.5. The lowest BCUT2D eigenvalue weighted by Gasteiger charge is -2.38. The van der Waals surface area contributed by atoms with Crippen LogP contribution in [0.4, 0.5) is 0 Å². The molecular formula is C22H21NO4S. The van der Waals surface area contributed by atoms with Crippen LogP contribution < -0.4 is 4.74 Å². The van der Waals surface area contributed by atoms with Gasteiger partial charge in [0, 0.05) is 13.1 Å². The molecule has 6 heteroatoms. The number of nitrogens with zero attached hydrogens (tertiary/aromatic N) is 1. The molecule has 0 saturated carbocycles. The van der Waals surface area contributed by atoms with Gasteiger partial charge in [-0.25, -0.2) is 8.42 Å². The van der Waals surface area contributed by atoms with Crippen molar-refractivity contribution in [3.05, 3.63) is 72.3 Å². The molecule has 1 heterocycles. The van der Waals surface area contributed by atoms with Gasteiger partial charge in [0.25, 0.3) is 0 Å². The van der Waals surface area contributed by atoms with E-state index < -0.39 is 15.1 Å². The van der Waals surface area contributed by atoms with Crippen LogP contribution >= 0.6 is 0 Å². The van der Waals surface area contributed by atoms with E-state index in [1.165, 1.54) is 7.11 Å². The highest BCUT2D eigenvalue weighted by Crippen LogP contribution is 2.26. The molecule has 5 nitrogen and oxygen atoms in total. The van der Waals surface area contributed by atoms with Crippen LogP contribution in [0.25, 0.3) is 10.8 Å². The molecule has 0 bridgehead atoms. The van der Waals surface area contributed by atoms with Crippen molar-refractivity contribution in [1.29, 1.82) is 0 Å². The summed E-state index contributed by atoms with van der Waals surface area (Å²) in [5, 5.41) is 1.59. The van der Waals surface area contributed by atoms with E-state index in [1.807, 2.05) is 42.5 Å². The number of carbonyl (C=O) groups excluding carboxylic acids is 1. The second-order valence-electron chi connectivity index (χ2n) is 6.96. The number of amides is 1. The van der Waals surface area contributed by atoms with Crippen LogP contribution in [0.15, 0.2) is 71.6 Å². The Morgan fingerprint density at radius 1 is 1.00 bits per heavy atom. The summed E-state index contributed by atoms with van der Waals surface area (Å²) in [5.74, 6) is 0.567. The predicted molar refractivity (Wildman–Crippen MR) is 108 cm³/mol. The van der Waals surface area contributed by atoms with E-state index in [4.69, 9.17) is 4.74 Å². The van der Waals surface area contributed by atoms with Gasteiger partial charge in [0.1, 0.15) is 11.0 Å². The molecule has 3 aromatic rings. The Morgan fingerprint density at radius 3 is 2.39 bits per heavy atom. The number of carbonyl (C=O) groups is 1. The molecule has 28 heavy (non-hydrogen) atoms. The minimum atomic E-state index is -3.45. The summed E-state index contributed by atoms with van der Waals surface area (Å²) in [4.78, 5) is 14.5. The monoisotopic (exact) mass is 395 g/mol. The Balaban J connectivity index is 1.43. The maximum Gasteiger partial charge on any atom is 0.227 e. The molecule has 0 atom stereocenters. The van der Waals surface area contributed by atoms with Crippen molar-refractivity contribution in [3.8, 4) is 5.75 Å². The lowest BCUT2D eigenvalue weighted by molar-refractivity contribution is -0.133. The highest BCUT2D eigenvalue weighted by molar-refractivity contribution is 7.92. The van der Waals surface area contributed by atoms with Gasteiger partial charge in [0.2, 0.25) is 5.91 Å². The molecule has 0 N–H and O–H groups in total. The third-order valence-electron chi connectivity index (χ3n) is 5.25. The minimum absolute atomic E-state index is 0.0440. The lowest BCUT2D eigenvalue weighted by atomic mass is 10.0. The molecule has 4 rings (SSSR count). The van der Waals surface area contributed by atoms with E-state index in [0.717, 1.165) is 16.3 Å². The molecule has 1 aliphatic heterocycles. The van der Waals surface area contributed by atoms with Crippen molar-refractivity contribution >= 4 is 26.5 Å². The fourth-order valence-electron chi connectivity index (χ4n) is 3.52. The summed E-state index contributed by atoms with van der Waals surface area (Å²) in [6.45, 7) is 0.468. The number of sulfone groups is 1. The first-order valence-electron chi connectivity index (χ1n) is 9.11. The summed E-state index contributed by atoms with van der Waals surface area (Å²) >= 11 is 0. The summed E-state index contributed by atoms with van der Waals surface area (Å²) in [5.41, 5.74) is 0.963. The summed E-state index contributed by atoms with van der Waals surface area (Å²) in [7, 11) is -1.91. The van der Waals surface area contributed by atoms with Crippen molar-refractivity contribution in [2.45, 2.75) is 16.6 Å². The van der Waals surface area contributed by atoms with Crippen LogP contribution in [-0.2, 0) is 21.1 Å². The standard InChI is InChI=1S/C22H21NO4S/c1-27-18-9-11-19(12-10-18)28(25,26)20-14-23(15-20)22(24)13-17-7-4-6-16-5-2-3-8-21(16)17/h2-12,20H,13-15H2,1H3. The molecule has 0 radical (unpaired) electrons. The molecular weight excluding hydrogens is 374 g/mol. The molecule has 1 amide bonds. The van der Waals surface area contributed by atoms with Crippen LogP contribution in [0, 0.1) is 0 Å². The molecule has 0 aliphatic carbocycles. The Hall–Kier alpha value is -2.86. The Kier molecular flexibility index (Phi) is 4.81. The molecule has 3 aromatic carbocycles. The molecule has 0 aromatic heterocycles. The molecule has 1 saturated heterocycles. The van der Waals surface area contributed by atoms with Gasteiger partial charge in [0.05, 0.1) is 18.4 Å². The Bertz CT molecular complexity index is 1110. The average Bonchev–Trinajstić information content (AvgIpc) is 2.67. The maximum absolute atomic E-state index is 12.7. The Morgan fingerprint density at radius 2 is 1.68 bits per heavy atom. The average molecular weight is 395 g/mol. The van der Waals surface area contributed by atoms with E-state index in [-0.39, 0.29) is 30.3 Å². The number of benzene rings is 3. The van der Waals surface area contributed by atoms with Crippen molar-refractivity contribution in [1.82, 2.24) is 4.90 Å². The van der Waals surface area contributed by atoms with Gasteiger partial charge in [0.15, 0.2) is 9.84 Å². The molecule has 144 valence electrons. The number of ether oxygens (including phenoxy) is 1. The quantitative estimate of drug-likeness (QED) is 0.666. The minimum Gasteiger partial charge on any atom is -0.497 e. The summed E-state index contributed by atoms with van der Waals surface area (Å²) in [6, 6.07) is 20.2. The van der Waals surface area contributed by atoms with Gasteiger partial charge >= 0.3 is 0 Å². The van der Waals surface area contributed by atoms with Crippen LogP contribution in [0.5, 0.6) is 5.75 Å². The van der Waals surface area contributed by atoms with Crippen LogP contribution in [0.1, 0.15) is 5.56 Å². The maximum atomic E-state index is 12.7. The van der Waals surface area contributed by atoms with Crippen molar-refractivity contribution in [2.24, 2.45) is 0 Å². The van der Waals surface area contributed by atoms with Crippen molar-refractivity contribution < 1.29 is 17.9 Å². The summed E-state index contributed by atoms with van der Waals surface area (Å²) < 4.78 is 30.5. The van der Waals surface area contributed by atoms with E-state index in [9.17, 15) is 13.2 Å². The smallest absolute Gasteiger partial charge is 0.227 e. The van der Waals surface area contributed by atoms with Gasteiger partial charge in [-0.1, -0.05) is 42.5 Å².